The number of aromatic nitrogens is 2. The maximum atomic E-state index is 12.5. The molecule has 1 aromatic rings. The Labute approximate surface area is 156 Å². The van der Waals surface area contributed by atoms with Crippen molar-refractivity contribution in [1.82, 2.24) is 14.9 Å². The highest BCUT2D eigenvalue weighted by Crippen LogP contribution is 2.27. The minimum atomic E-state index is 0. The average Bonchev–Trinajstić information content (AvgIpc) is 2.96. The molecule has 1 aliphatic heterocycles. The van der Waals surface area contributed by atoms with Crippen LogP contribution in [-0.4, -0.2) is 53.0 Å². The van der Waals surface area contributed by atoms with Gasteiger partial charge in [0, 0.05) is 44.3 Å². The molecule has 1 aliphatic carbocycles. The van der Waals surface area contributed by atoms with Crippen molar-refractivity contribution in [3.05, 3.63) is 17.6 Å². The molecule has 1 amide bonds. The van der Waals surface area contributed by atoms with Crippen LogP contribution in [0, 0.1) is 19.8 Å². The van der Waals surface area contributed by atoms with E-state index in [4.69, 9.17) is 5.73 Å². The van der Waals surface area contributed by atoms with Crippen LogP contribution in [0.2, 0.25) is 0 Å². The summed E-state index contributed by atoms with van der Waals surface area (Å²) in [6.07, 6.45) is 4.57. The molecule has 6 nitrogen and oxygen atoms in total. The van der Waals surface area contributed by atoms with Gasteiger partial charge in [-0.1, -0.05) is 0 Å². The second kappa shape index (κ2) is 8.83. The number of anilines is 1. The highest BCUT2D eigenvalue weighted by Gasteiger charge is 2.32. The molecule has 0 aromatic carbocycles. The number of nitrogens with two attached hydrogens (primary N) is 1. The normalized spacial score (nSPS) is 23.5. The van der Waals surface area contributed by atoms with E-state index in [0.29, 0.717) is 5.91 Å². The van der Waals surface area contributed by atoms with Gasteiger partial charge in [0.15, 0.2) is 0 Å². The van der Waals surface area contributed by atoms with E-state index in [1.807, 2.05) is 18.7 Å². The fraction of sp³-hybridized carbons (Fsp3) is 0.688. The van der Waals surface area contributed by atoms with Crippen LogP contribution in [0.15, 0.2) is 6.20 Å². The first-order chi connectivity index (χ1) is 10.5. The van der Waals surface area contributed by atoms with E-state index in [9.17, 15) is 4.79 Å². The molecule has 0 bridgehead atoms. The molecular weight excluding hydrogens is 349 g/mol. The number of rotatable bonds is 2. The van der Waals surface area contributed by atoms with Gasteiger partial charge in [-0.25, -0.2) is 4.98 Å². The van der Waals surface area contributed by atoms with Gasteiger partial charge in [0.05, 0.1) is 11.4 Å². The van der Waals surface area contributed by atoms with Crippen molar-refractivity contribution in [3.63, 3.8) is 0 Å². The highest BCUT2D eigenvalue weighted by molar-refractivity contribution is 5.85. The third kappa shape index (κ3) is 4.49. The smallest absolute Gasteiger partial charge is 0.225 e. The van der Waals surface area contributed by atoms with Gasteiger partial charge in [-0.2, -0.15) is 0 Å². The molecule has 2 fully saturated rings. The number of hydrogen-bond donors (Lipinski definition) is 1. The number of nitrogens with zero attached hydrogens (tertiary/aromatic N) is 4. The Kier molecular flexibility index (Phi) is 7.70. The van der Waals surface area contributed by atoms with Crippen molar-refractivity contribution >= 4 is 36.5 Å². The Morgan fingerprint density at radius 1 is 1.17 bits per heavy atom. The summed E-state index contributed by atoms with van der Waals surface area (Å²) in [4.78, 5) is 25.7. The summed E-state index contributed by atoms with van der Waals surface area (Å²) in [6.45, 7) is 7.12. The molecule has 1 aromatic heterocycles. The fourth-order valence-corrected chi connectivity index (χ4v) is 3.46. The molecule has 0 unspecified atom stereocenters. The van der Waals surface area contributed by atoms with Gasteiger partial charge in [-0.05, 0) is 33.1 Å². The first-order valence-electron chi connectivity index (χ1n) is 8.14. The summed E-state index contributed by atoms with van der Waals surface area (Å²) in [7, 11) is 0. The Balaban J connectivity index is 0.00000144. The molecule has 3 rings (SSSR count). The second-order valence-electron chi connectivity index (χ2n) is 6.50. The van der Waals surface area contributed by atoms with E-state index in [2.05, 4.69) is 14.9 Å². The number of aryl methyl sites for hydroxylation is 2. The minimum absolute atomic E-state index is 0. The zero-order valence-electron chi connectivity index (χ0n) is 14.3. The van der Waals surface area contributed by atoms with Crippen molar-refractivity contribution in [2.75, 3.05) is 31.1 Å². The van der Waals surface area contributed by atoms with E-state index in [-0.39, 0.29) is 36.8 Å². The Hall–Kier alpha value is -1.11. The molecule has 2 atom stereocenters. The van der Waals surface area contributed by atoms with E-state index in [1.54, 1.807) is 6.20 Å². The second-order valence-corrected chi connectivity index (χ2v) is 6.50. The molecular formula is C16H27Cl2N5O. The van der Waals surface area contributed by atoms with Crippen LogP contribution in [0.25, 0.3) is 0 Å². The number of carbonyl (C=O) groups excluding carboxylic acids is 1. The van der Waals surface area contributed by atoms with Gasteiger partial charge >= 0.3 is 0 Å². The standard InChI is InChI=1S/C16H25N5O.2ClH/c1-11-10-18-12(2)15(19-11)20-5-7-21(8-6-20)16(22)13-3-4-14(17)9-13;;/h10,13-14H,3-9,17H2,1-2H3;2*1H/t13-,14+;;/m0../s1. The van der Waals surface area contributed by atoms with Gasteiger partial charge in [0.1, 0.15) is 5.82 Å². The fourth-order valence-electron chi connectivity index (χ4n) is 3.46. The maximum absolute atomic E-state index is 12.5. The minimum Gasteiger partial charge on any atom is -0.352 e. The van der Waals surface area contributed by atoms with Crippen molar-refractivity contribution in [2.45, 2.75) is 39.2 Å². The summed E-state index contributed by atoms with van der Waals surface area (Å²) in [6, 6.07) is 0.209. The Morgan fingerprint density at radius 2 is 1.83 bits per heavy atom. The molecule has 136 valence electrons. The molecule has 0 spiro atoms. The summed E-state index contributed by atoms with van der Waals surface area (Å²) in [5.74, 6) is 1.39. The molecule has 24 heavy (non-hydrogen) atoms. The lowest BCUT2D eigenvalue weighted by atomic mass is 10.1. The van der Waals surface area contributed by atoms with E-state index < -0.39 is 0 Å². The van der Waals surface area contributed by atoms with Crippen molar-refractivity contribution in [1.29, 1.82) is 0 Å². The highest BCUT2D eigenvalue weighted by atomic mass is 35.5. The summed E-state index contributed by atoms with van der Waals surface area (Å²) >= 11 is 0. The van der Waals surface area contributed by atoms with Crippen molar-refractivity contribution < 1.29 is 4.79 Å². The van der Waals surface area contributed by atoms with Crippen LogP contribution in [0.1, 0.15) is 30.7 Å². The van der Waals surface area contributed by atoms with E-state index in [1.165, 1.54) is 0 Å². The topological polar surface area (TPSA) is 75.4 Å². The molecule has 2 N–H and O–H groups in total. The predicted octanol–water partition coefficient (Wildman–Crippen LogP) is 1.71. The first-order valence-corrected chi connectivity index (χ1v) is 8.14. The lowest BCUT2D eigenvalue weighted by Gasteiger charge is -2.37. The summed E-state index contributed by atoms with van der Waals surface area (Å²) in [5.41, 5.74) is 7.81. The zero-order chi connectivity index (χ0) is 15.7. The van der Waals surface area contributed by atoms with Crippen LogP contribution in [0.4, 0.5) is 5.82 Å². The summed E-state index contributed by atoms with van der Waals surface area (Å²) in [5, 5.41) is 0. The number of halogens is 2. The van der Waals surface area contributed by atoms with Gasteiger partial charge in [0.25, 0.3) is 0 Å². The van der Waals surface area contributed by atoms with Gasteiger partial charge in [-0.3, -0.25) is 9.78 Å². The first kappa shape index (κ1) is 20.9. The van der Waals surface area contributed by atoms with E-state index in [0.717, 1.165) is 62.6 Å². The van der Waals surface area contributed by atoms with Gasteiger partial charge in [-0.15, -0.1) is 24.8 Å². The number of amides is 1. The monoisotopic (exact) mass is 375 g/mol. The molecule has 8 heteroatoms. The largest absolute Gasteiger partial charge is 0.352 e. The van der Waals surface area contributed by atoms with Crippen LogP contribution in [0.3, 0.4) is 0 Å². The zero-order valence-corrected chi connectivity index (χ0v) is 15.9. The third-order valence-corrected chi connectivity index (χ3v) is 4.76. The number of piperazine rings is 1. The number of carbonyl (C=O) groups is 1. The van der Waals surface area contributed by atoms with E-state index >= 15 is 0 Å². The molecule has 2 aliphatic rings. The molecule has 0 radical (unpaired) electrons. The van der Waals surface area contributed by atoms with Crippen LogP contribution in [0.5, 0.6) is 0 Å². The van der Waals surface area contributed by atoms with Crippen LogP contribution < -0.4 is 10.6 Å². The van der Waals surface area contributed by atoms with Crippen LogP contribution >= 0.6 is 24.8 Å². The van der Waals surface area contributed by atoms with Crippen molar-refractivity contribution in [2.24, 2.45) is 11.7 Å². The SMILES string of the molecule is Cc1cnc(C)c(N2CCN(C(=O)[C@H]3CC[C@@H](N)C3)CC2)n1.Cl.Cl. The van der Waals surface area contributed by atoms with Gasteiger partial charge < -0.3 is 15.5 Å². The van der Waals surface area contributed by atoms with Crippen molar-refractivity contribution in [3.8, 4) is 0 Å². The van der Waals surface area contributed by atoms with Gasteiger partial charge in [0.2, 0.25) is 5.91 Å². The lowest BCUT2D eigenvalue weighted by Crippen LogP contribution is -2.50. The molecule has 1 saturated heterocycles. The third-order valence-electron chi connectivity index (χ3n) is 4.76. The average molecular weight is 376 g/mol. The maximum Gasteiger partial charge on any atom is 0.225 e. The molecule has 1 saturated carbocycles. The van der Waals surface area contributed by atoms with Crippen LogP contribution in [-0.2, 0) is 4.79 Å². The molecule has 2 heterocycles. The number of hydrogen-bond acceptors (Lipinski definition) is 5. The summed E-state index contributed by atoms with van der Waals surface area (Å²) < 4.78 is 0. The quantitative estimate of drug-likeness (QED) is 0.851. The lowest BCUT2D eigenvalue weighted by molar-refractivity contribution is -0.135. The Bertz CT molecular complexity index is 563. The predicted molar refractivity (Wildman–Crippen MR) is 100 cm³/mol. The Morgan fingerprint density at radius 3 is 2.42 bits per heavy atom.